The second kappa shape index (κ2) is 8.63. The maximum atomic E-state index is 13.9. The molecule has 0 saturated carbocycles. The lowest BCUT2D eigenvalue weighted by atomic mass is 9.86. The van der Waals surface area contributed by atoms with E-state index in [0.717, 1.165) is 27.0 Å². The van der Waals surface area contributed by atoms with Crippen molar-refractivity contribution in [3.63, 3.8) is 0 Å². The molecule has 0 radical (unpaired) electrons. The Morgan fingerprint density at radius 3 is 2.66 bits per heavy atom. The number of fused-ring (bicyclic) bond motifs is 2. The quantitative estimate of drug-likeness (QED) is 0.333. The monoisotopic (exact) mass is 484 g/mol. The number of para-hydroxylation sites is 1. The van der Waals surface area contributed by atoms with Crippen molar-refractivity contribution in [3.8, 4) is 10.9 Å². The number of ether oxygens (including phenoxy) is 1. The van der Waals surface area contributed by atoms with Crippen LogP contribution in [0.3, 0.4) is 0 Å². The maximum Gasteiger partial charge on any atom is 0.226 e. The summed E-state index contributed by atoms with van der Waals surface area (Å²) in [5, 5.41) is 8.48. The summed E-state index contributed by atoms with van der Waals surface area (Å²) in [6, 6.07) is 22.1. The molecule has 6 rings (SSSR count). The summed E-state index contributed by atoms with van der Waals surface area (Å²) in [7, 11) is 0. The third kappa shape index (κ3) is 3.95. The van der Waals surface area contributed by atoms with Gasteiger partial charge in [0.05, 0.1) is 15.9 Å². The predicted molar refractivity (Wildman–Crippen MR) is 134 cm³/mol. The van der Waals surface area contributed by atoms with Crippen LogP contribution in [-0.4, -0.2) is 20.7 Å². The van der Waals surface area contributed by atoms with E-state index in [2.05, 4.69) is 5.32 Å². The highest BCUT2D eigenvalue weighted by atomic mass is 32.1. The van der Waals surface area contributed by atoms with Gasteiger partial charge in [0.1, 0.15) is 24.0 Å². The van der Waals surface area contributed by atoms with Crippen LogP contribution >= 0.6 is 11.3 Å². The van der Waals surface area contributed by atoms with E-state index in [1.54, 1.807) is 22.9 Å². The molecular formula is C27H21FN4O2S. The number of aryl methyl sites for hydroxylation is 1. The molecule has 1 aliphatic rings. The van der Waals surface area contributed by atoms with Crippen molar-refractivity contribution in [2.45, 2.75) is 25.9 Å². The average molecular weight is 485 g/mol. The van der Waals surface area contributed by atoms with Crippen LogP contribution in [0.4, 0.5) is 10.2 Å². The fourth-order valence-corrected chi connectivity index (χ4v) is 5.42. The number of hydrogen-bond acceptors (Lipinski definition) is 5. The highest BCUT2D eigenvalue weighted by Crippen LogP contribution is 2.41. The maximum absolute atomic E-state index is 13.9. The van der Waals surface area contributed by atoms with Crippen molar-refractivity contribution in [3.05, 3.63) is 101 Å². The molecular weight excluding hydrogens is 463 g/mol. The molecule has 35 heavy (non-hydrogen) atoms. The lowest BCUT2D eigenvalue weighted by Gasteiger charge is -2.24. The molecule has 1 atom stereocenters. The van der Waals surface area contributed by atoms with Gasteiger partial charge in [0.2, 0.25) is 11.0 Å². The van der Waals surface area contributed by atoms with Crippen molar-refractivity contribution in [2.24, 2.45) is 0 Å². The van der Waals surface area contributed by atoms with Crippen LogP contribution in [0.25, 0.3) is 15.3 Å². The zero-order valence-corrected chi connectivity index (χ0v) is 19.7. The van der Waals surface area contributed by atoms with Gasteiger partial charge in [-0.3, -0.25) is 4.79 Å². The van der Waals surface area contributed by atoms with E-state index < -0.39 is 0 Å². The lowest BCUT2D eigenvalue weighted by Crippen LogP contribution is -2.24. The van der Waals surface area contributed by atoms with Crippen molar-refractivity contribution in [1.29, 1.82) is 0 Å². The second-order valence-corrected chi connectivity index (χ2v) is 9.49. The number of thiazole rings is 1. The number of nitrogens with zero attached hydrogens (tertiary/aromatic N) is 3. The summed E-state index contributed by atoms with van der Waals surface area (Å²) in [5.74, 6) is 0.819. The summed E-state index contributed by atoms with van der Waals surface area (Å²) < 4.78 is 22.5. The SMILES string of the molecule is Cc1nn(-c2nc3ccccc3s2)c2c1[C@@H](c1ccc(OCc3ccccc3F)cc1)CC(=O)N2. The molecule has 3 aromatic carbocycles. The number of benzene rings is 3. The number of amides is 1. The summed E-state index contributed by atoms with van der Waals surface area (Å²) >= 11 is 1.54. The van der Waals surface area contributed by atoms with Gasteiger partial charge in [0.15, 0.2) is 0 Å². The van der Waals surface area contributed by atoms with Crippen LogP contribution in [0, 0.1) is 12.7 Å². The van der Waals surface area contributed by atoms with E-state index in [0.29, 0.717) is 28.7 Å². The average Bonchev–Trinajstić information content (AvgIpc) is 3.44. The smallest absolute Gasteiger partial charge is 0.226 e. The molecule has 0 saturated heterocycles. The van der Waals surface area contributed by atoms with E-state index in [1.807, 2.05) is 55.5 Å². The van der Waals surface area contributed by atoms with Gasteiger partial charge >= 0.3 is 0 Å². The standard InChI is InChI=1S/C27H21FN4O2S/c1-16-25-20(17-10-12-19(13-11-17)34-15-18-6-2-3-7-21(18)28)14-24(33)30-26(25)32(31-16)27-29-22-8-4-5-9-23(22)35-27/h2-13,20H,14-15H2,1H3,(H,30,33)/t20-/m1/s1. The van der Waals surface area contributed by atoms with Crippen LogP contribution in [0.2, 0.25) is 0 Å². The number of aromatic nitrogens is 3. The van der Waals surface area contributed by atoms with Gasteiger partial charge < -0.3 is 10.1 Å². The Hall–Kier alpha value is -4.04. The van der Waals surface area contributed by atoms with E-state index in [-0.39, 0.29) is 24.2 Å². The molecule has 0 aliphatic carbocycles. The van der Waals surface area contributed by atoms with Crippen LogP contribution in [0.15, 0.2) is 72.8 Å². The summed E-state index contributed by atoms with van der Waals surface area (Å²) in [5.41, 5.74) is 4.24. The molecule has 1 amide bonds. The Labute approximate surface area is 205 Å². The van der Waals surface area contributed by atoms with E-state index in [4.69, 9.17) is 14.8 Å². The van der Waals surface area contributed by atoms with Crippen molar-refractivity contribution < 1.29 is 13.9 Å². The number of anilines is 1. The first-order valence-electron chi connectivity index (χ1n) is 11.3. The van der Waals surface area contributed by atoms with E-state index >= 15 is 0 Å². The summed E-state index contributed by atoms with van der Waals surface area (Å²) in [4.78, 5) is 17.4. The van der Waals surface area contributed by atoms with E-state index in [9.17, 15) is 9.18 Å². The molecule has 5 aromatic rings. The van der Waals surface area contributed by atoms with Gasteiger partial charge in [-0.05, 0) is 42.8 Å². The molecule has 0 spiro atoms. The third-order valence-electron chi connectivity index (χ3n) is 6.20. The molecule has 8 heteroatoms. The van der Waals surface area contributed by atoms with Crippen LogP contribution < -0.4 is 10.1 Å². The lowest BCUT2D eigenvalue weighted by molar-refractivity contribution is -0.116. The minimum atomic E-state index is -0.287. The fraction of sp³-hybridized carbons (Fsp3) is 0.148. The first kappa shape index (κ1) is 21.5. The number of carbonyl (C=O) groups is 1. The normalized spacial score (nSPS) is 15.1. The number of nitrogens with one attached hydrogen (secondary N) is 1. The van der Waals surface area contributed by atoms with Crippen molar-refractivity contribution in [2.75, 3.05) is 5.32 Å². The molecule has 0 unspecified atom stereocenters. The van der Waals surface area contributed by atoms with Gasteiger partial charge in [-0.2, -0.15) is 9.78 Å². The van der Waals surface area contributed by atoms with Crippen LogP contribution in [0.1, 0.15) is 34.7 Å². The van der Waals surface area contributed by atoms with Crippen LogP contribution in [0.5, 0.6) is 5.75 Å². The van der Waals surface area contributed by atoms with Gasteiger partial charge in [-0.25, -0.2) is 9.37 Å². The minimum absolute atomic E-state index is 0.0651. The zero-order chi connectivity index (χ0) is 23.9. The number of rotatable bonds is 5. The molecule has 1 N–H and O–H groups in total. The molecule has 3 heterocycles. The third-order valence-corrected chi connectivity index (χ3v) is 7.21. The first-order chi connectivity index (χ1) is 17.1. The van der Waals surface area contributed by atoms with E-state index in [1.165, 1.54) is 17.4 Å². The summed E-state index contributed by atoms with van der Waals surface area (Å²) in [6.07, 6.45) is 0.328. The topological polar surface area (TPSA) is 69.0 Å². The van der Waals surface area contributed by atoms with Crippen molar-refractivity contribution >= 4 is 33.3 Å². The Morgan fingerprint density at radius 1 is 1.09 bits per heavy atom. The molecule has 174 valence electrons. The fourth-order valence-electron chi connectivity index (χ4n) is 4.49. The molecule has 2 aromatic heterocycles. The van der Waals surface area contributed by atoms with Gasteiger partial charge in [-0.1, -0.05) is 53.8 Å². The largest absolute Gasteiger partial charge is 0.489 e. The summed E-state index contributed by atoms with van der Waals surface area (Å²) in [6.45, 7) is 2.11. The van der Waals surface area contributed by atoms with Crippen LogP contribution in [-0.2, 0) is 11.4 Å². The number of hydrogen-bond donors (Lipinski definition) is 1. The van der Waals surface area contributed by atoms with Gasteiger partial charge in [0.25, 0.3) is 0 Å². The minimum Gasteiger partial charge on any atom is -0.489 e. The molecule has 0 bridgehead atoms. The van der Waals surface area contributed by atoms with Crippen molar-refractivity contribution in [1.82, 2.24) is 14.8 Å². The first-order valence-corrected chi connectivity index (χ1v) is 12.1. The Morgan fingerprint density at radius 2 is 1.86 bits per heavy atom. The molecule has 1 aliphatic heterocycles. The zero-order valence-electron chi connectivity index (χ0n) is 18.9. The Kier molecular flexibility index (Phi) is 5.30. The highest BCUT2D eigenvalue weighted by Gasteiger charge is 2.33. The molecule has 0 fully saturated rings. The highest BCUT2D eigenvalue weighted by molar-refractivity contribution is 7.20. The number of carbonyl (C=O) groups excluding carboxylic acids is 1. The van der Waals surface area contributed by atoms with Gasteiger partial charge in [0, 0.05) is 23.5 Å². The second-order valence-electron chi connectivity index (χ2n) is 8.48. The predicted octanol–water partition coefficient (Wildman–Crippen LogP) is 5.98. The number of halogens is 1. The molecule has 6 nitrogen and oxygen atoms in total. The van der Waals surface area contributed by atoms with Gasteiger partial charge in [-0.15, -0.1) is 0 Å². The Bertz CT molecular complexity index is 1520. The Balaban J connectivity index is 1.30.